The van der Waals surface area contributed by atoms with Crippen molar-refractivity contribution in [2.45, 2.75) is 13.5 Å². The minimum atomic E-state index is -1.22. The second-order valence-corrected chi connectivity index (χ2v) is 3.32. The first-order valence-electron chi connectivity index (χ1n) is 4.87. The van der Waals surface area contributed by atoms with Crippen LogP contribution in [0.3, 0.4) is 0 Å². The van der Waals surface area contributed by atoms with E-state index < -0.39 is 11.5 Å². The fraction of sp³-hybridized carbons (Fsp3) is 0.182. The lowest BCUT2D eigenvalue weighted by Gasteiger charge is -2.07. The third-order valence-electron chi connectivity index (χ3n) is 2.41. The van der Waals surface area contributed by atoms with Gasteiger partial charge in [-0.3, -0.25) is 9.78 Å². The molecule has 0 aliphatic heterocycles. The molecule has 0 aliphatic carbocycles. The number of fused-ring (bicyclic) bond motifs is 1. The van der Waals surface area contributed by atoms with Crippen LogP contribution in [-0.4, -0.2) is 20.6 Å². The highest BCUT2D eigenvalue weighted by atomic mass is 16.4. The van der Waals surface area contributed by atoms with Gasteiger partial charge < -0.3 is 9.67 Å². The Morgan fingerprint density at radius 2 is 2.31 bits per heavy atom. The Labute approximate surface area is 91.0 Å². The summed E-state index contributed by atoms with van der Waals surface area (Å²) in [6.45, 7) is 2.21. The van der Waals surface area contributed by atoms with E-state index in [1.165, 1.54) is 10.6 Å². The number of carboxylic acids is 1. The van der Waals surface area contributed by atoms with E-state index in [1.807, 2.05) is 0 Å². The van der Waals surface area contributed by atoms with Crippen LogP contribution >= 0.6 is 0 Å². The smallest absolute Gasteiger partial charge is 0.341 e. The van der Waals surface area contributed by atoms with Gasteiger partial charge in [0.15, 0.2) is 0 Å². The molecular formula is C11H10N2O3. The van der Waals surface area contributed by atoms with Gasteiger partial charge in [0.25, 0.3) is 5.56 Å². The molecule has 0 amide bonds. The van der Waals surface area contributed by atoms with Crippen molar-refractivity contribution in [3.63, 3.8) is 0 Å². The summed E-state index contributed by atoms with van der Waals surface area (Å²) in [6, 6.07) is 4.78. The summed E-state index contributed by atoms with van der Waals surface area (Å²) < 4.78 is 1.41. The molecule has 0 fully saturated rings. The third kappa shape index (κ3) is 1.46. The number of aryl methyl sites for hydroxylation is 1. The Bertz CT molecular complexity index is 616. The summed E-state index contributed by atoms with van der Waals surface area (Å²) >= 11 is 0. The number of carboxylic acid groups (broad SMARTS) is 1. The third-order valence-corrected chi connectivity index (χ3v) is 2.41. The average Bonchev–Trinajstić information content (AvgIpc) is 2.28. The van der Waals surface area contributed by atoms with Gasteiger partial charge in [-0.05, 0) is 25.1 Å². The Hall–Kier alpha value is -2.17. The van der Waals surface area contributed by atoms with Crippen LogP contribution in [-0.2, 0) is 6.54 Å². The van der Waals surface area contributed by atoms with Crippen molar-refractivity contribution >= 4 is 17.0 Å². The molecule has 2 aromatic heterocycles. The molecule has 0 saturated carbocycles. The van der Waals surface area contributed by atoms with Crippen LogP contribution < -0.4 is 5.56 Å². The average molecular weight is 218 g/mol. The predicted molar refractivity (Wildman–Crippen MR) is 58.6 cm³/mol. The summed E-state index contributed by atoms with van der Waals surface area (Å²) in [4.78, 5) is 26.8. The topological polar surface area (TPSA) is 72.2 Å². The Balaban J connectivity index is 2.94. The molecular weight excluding hydrogens is 208 g/mol. The van der Waals surface area contributed by atoms with Crippen LogP contribution in [0.1, 0.15) is 17.3 Å². The van der Waals surface area contributed by atoms with Crippen molar-refractivity contribution < 1.29 is 9.90 Å². The van der Waals surface area contributed by atoms with Gasteiger partial charge in [0.2, 0.25) is 0 Å². The molecule has 0 unspecified atom stereocenters. The van der Waals surface area contributed by atoms with Gasteiger partial charge >= 0.3 is 5.97 Å². The fourth-order valence-corrected chi connectivity index (χ4v) is 1.67. The minimum absolute atomic E-state index is 0.243. The molecule has 2 rings (SSSR count). The van der Waals surface area contributed by atoms with E-state index in [0.717, 1.165) is 0 Å². The molecule has 5 nitrogen and oxygen atoms in total. The fourth-order valence-electron chi connectivity index (χ4n) is 1.67. The molecule has 1 N–H and O–H groups in total. The van der Waals surface area contributed by atoms with E-state index in [9.17, 15) is 9.59 Å². The van der Waals surface area contributed by atoms with Gasteiger partial charge in [-0.2, -0.15) is 0 Å². The van der Waals surface area contributed by atoms with Crippen molar-refractivity contribution in [3.8, 4) is 0 Å². The molecule has 0 spiro atoms. The number of pyridine rings is 2. The second kappa shape index (κ2) is 3.77. The number of rotatable bonds is 2. The normalized spacial score (nSPS) is 10.6. The van der Waals surface area contributed by atoms with Crippen LogP contribution in [0.5, 0.6) is 0 Å². The van der Waals surface area contributed by atoms with Crippen LogP contribution in [0.2, 0.25) is 0 Å². The Kier molecular flexibility index (Phi) is 2.44. The van der Waals surface area contributed by atoms with Crippen LogP contribution in [0, 0.1) is 0 Å². The van der Waals surface area contributed by atoms with Crippen LogP contribution in [0.4, 0.5) is 0 Å². The summed E-state index contributed by atoms with van der Waals surface area (Å²) in [5.74, 6) is -1.22. The molecule has 0 saturated heterocycles. The zero-order valence-electron chi connectivity index (χ0n) is 8.67. The molecule has 2 aromatic rings. The highest BCUT2D eigenvalue weighted by molar-refractivity contribution is 5.91. The van der Waals surface area contributed by atoms with E-state index in [1.54, 1.807) is 25.3 Å². The maximum atomic E-state index is 11.8. The lowest BCUT2D eigenvalue weighted by atomic mass is 10.2. The minimum Gasteiger partial charge on any atom is -0.477 e. The number of nitrogens with zero attached hydrogens (tertiary/aromatic N) is 2. The quantitative estimate of drug-likeness (QED) is 0.819. The van der Waals surface area contributed by atoms with Gasteiger partial charge in [0.1, 0.15) is 5.56 Å². The number of hydrogen-bond acceptors (Lipinski definition) is 3. The zero-order valence-corrected chi connectivity index (χ0v) is 8.67. The van der Waals surface area contributed by atoms with E-state index >= 15 is 0 Å². The maximum absolute atomic E-state index is 11.8. The van der Waals surface area contributed by atoms with Gasteiger partial charge in [-0.1, -0.05) is 0 Å². The van der Waals surface area contributed by atoms with Gasteiger partial charge in [0, 0.05) is 12.7 Å². The maximum Gasteiger partial charge on any atom is 0.341 e. The number of aromatic nitrogens is 2. The second-order valence-electron chi connectivity index (χ2n) is 3.32. The highest BCUT2D eigenvalue weighted by Crippen LogP contribution is 2.10. The monoisotopic (exact) mass is 218 g/mol. The summed E-state index contributed by atoms with van der Waals surface area (Å²) in [7, 11) is 0. The van der Waals surface area contributed by atoms with Crippen molar-refractivity contribution in [3.05, 3.63) is 40.3 Å². The summed E-state index contributed by atoms with van der Waals surface area (Å²) in [5.41, 5.74) is 0.435. The molecule has 5 heteroatoms. The first kappa shape index (κ1) is 10.4. The molecule has 0 bridgehead atoms. The lowest BCUT2D eigenvalue weighted by Crippen LogP contribution is -2.26. The Morgan fingerprint density at radius 3 is 2.94 bits per heavy atom. The molecule has 2 heterocycles. The van der Waals surface area contributed by atoms with E-state index in [2.05, 4.69) is 4.98 Å². The molecule has 0 aliphatic rings. The molecule has 16 heavy (non-hydrogen) atoms. The van der Waals surface area contributed by atoms with Crippen molar-refractivity contribution in [2.75, 3.05) is 0 Å². The van der Waals surface area contributed by atoms with E-state index in [4.69, 9.17) is 5.11 Å². The largest absolute Gasteiger partial charge is 0.477 e. The lowest BCUT2D eigenvalue weighted by molar-refractivity contribution is 0.0694. The number of carbonyl (C=O) groups is 1. The number of hydrogen-bond donors (Lipinski definition) is 1. The van der Waals surface area contributed by atoms with Gasteiger partial charge in [0.05, 0.1) is 11.0 Å². The van der Waals surface area contributed by atoms with E-state index in [-0.39, 0.29) is 5.56 Å². The molecule has 82 valence electrons. The standard InChI is InChI=1S/C11H10N2O3/c1-2-13-9-4-3-5-12-8(9)6-7(10(13)14)11(15)16/h3-6H,2H2,1H3,(H,15,16). The highest BCUT2D eigenvalue weighted by Gasteiger charge is 2.13. The summed E-state index contributed by atoms with van der Waals surface area (Å²) in [6.07, 6.45) is 1.57. The van der Waals surface area contributed by atoms with E-state index in [0.29, 0.717) is 17.6 Å². The molecule has 0 radical (unpaired) electrons. The van der Waals surface area contributed by atoms with Gasteiger partial charge in [-0.25, -0.2) is 4.79 Å². The first-order chi connectivity index (χ1) is 7.65. The Morgan fingerprint density at radius 1 is 1.56 bits per heavy atom. The van der Waals surface area contributed by atoms with Crippen molar-refractivity contribution in [1.29, 1.82) is 0 Å². The van der Waals surface area contributed by atoms with Crippen molar-refractivity contribution in [1.82, 2.24) is 9.55 Å². The summed E-state index contributed by atoms with van der Waals surface area (Å²) in [5, 5.41) is 8.90. The first-order valence-corrected chi connectivity index (χ1v) is 4.87. The number of aromatic carboxylic acids is 1. The zero-order chi connectivity index (χ0) is 11.7. The van der Waals surface area contributed by atoms with Crippen LogP contribution in [0.25, 0.3) is 11.0 Å². The molecule has 0 aromatic carbocycles. The predicted octanol–water partition coefficient (Wildman–Crippen LogP) is 1.11. The molecule has 0 atom stereocenters. The SMILES string of the molecule is CCn1c(=O)c(C(=O)O)cc2ncccc21. The van der Waals surface area contributed by atoms with Crippen molar-refractivity contribution in [2.24, 2.45) is 0 Å². The van der Waals surface area contributed by atoms with Crippen LogP contribution in [0.15, 0.2) is 29.2 Å². The van der Waals surface area contributed by atoms with Gasteiger partial charge in [-0.15, -0.1) is 0 Å².